The third-order valence-corrected chi connectivity index (χ3v) is 7.72. The predicted molar refractivity (Wildman–Crippen MR) is 128 cm³/mol. The van der Waals surface area contributed by atoms with Crippen LogP contribution in [-0.2, 0) is 23.2 Å². The number of methoxy groups -OCH3 is 1. The van der Waals surface area contributed by atoms with Gasteiger partial charge in [0, 0.05) is 19.3 Å². The Bertz CT molecular complexity index is 539. The minimum absolute atomic E-state index is 0.0999. The fourth-order valence-electron chi connectivity index (χ4n) is 4.52. The van der Waals surface area contributed by atoms with Crippen molar-refractivity contribution >= 4 is 28.4 Å². The van der Waals surface area contributed by atoms with E-state index >= 15 is 0 Å². The lowest BCUT2D eigenvalue weighted by Gasteiger charge is -2.31. The van der Waals surface area contributed by atoms with Crippen LogP contribution in [0.3, 0.4) is 0 Å². The van der Waals surface area contributed by atoms with Crippen molar-refractivity contribution in [2.24, 2.45) is 11.8 Å². The van der Waals surface area contributed by atoms with Crippen molar-refractivity contribution in [3.63, 3.8) is 0 Å². The molecular weight excluding hydrogens is 412 g/mol. The predicted octanol–water partition coefficient (Wildman–Crippen LogP) is 5.95. The third kappa shape index (κ3) is 10.7. The lowest BCUT2D eigenvalue weighted by atomic mass is 9.85. The third-order valence-electron chi connectivity index (χ3n) is 5.70. The van der Waals surface area contributed by atoms with Crippen LogP contribution in [0.1, 0.15) is 64.7 Å². The lowest BCUT2D eigenvalue weighted by molar-refractivity contribution is -0.141. The molecule has 1 rings (SSSR count). The number of rotatable bonds is 14. The standard InChI is InChI=1S/C23H46O5Si2/c1-9-10-11-12-18(24)13-14-19-20(15-16-23(25)26-2)22(28-30(6,7)8)17-21(19)27-29(3,4)5/h19-22H,9-17H2,1-8H3/t19-,20-,21+,22+/m1/s1. The topological polar surface area (TPSA) is 61.8 Å². The molecule has 0 aromatic heterocycles. The Labute approximate surface area is 186 Å². The molecule has 0 radical (unpaired) electrons. The summed E-state index contributed by atoms with van der Waals surface area (Å²) in [5, 5.41) is 0. The molecule has 176 valence electrons. The first-order valence-electron chi connectivity index (χ1n) is 11.8. The normalized spacial score (nSPS) is 24.8. The van der Waals surface area contributed by atoms with E-state index in [2.05, 4.69) is 46.2 Å². The summed E-state index contributed by atoms with van der Waals surface area (Å²) >= 11 is 0. The number of ether oxygens (including phenoxy) is 1. The Balaban J connectivity index is 2.96. The van der Waals surface area contributed by atoms with Crippen molar-refractivity contribution in [1.29, 1.82) is 0 Å². The molecule has 0 bridgehead atoms. The van der Waals surface area contributed by atoms with Crippen molar-refractivity contribution in [3.8, 4) is 0 Å². The molecule has 0 aromatic carbocycles. The summed E-state index contributed by atoms with van der Waals surface area (Å²) in [6.07, 6.45) is 7.57. The van der Waals surface area contributed by atoms with E-state index in [1.165, 1.54) is 7.11 Å². The molecule has 0 saturated heterocycles. The van der Waals surface area contributed by atoms with E-state index in [0.29, 0.717) is 25.0 Å². The zero-order valence-electron chi connectivity index (χ0n) is 20.7. The smallest absolute Gasteiger partial charge is 0.305 e. The molecule has 1 saturated carbocycles. The van der Waals surface area contributed by atoms with Crippen LogP contribution in [0.25, 0.3) is 0 Å². The quantitative estimate of drug-likeness (QED) is 0.183. The van der Waals surface area contributed by atoms with Gasteiger partial charge >= 0.3 is 5.97 Å². The minimum Gasteiger partial charge on any atom is -0.469 e. The highest BCUT2D eigenvalue weighted by Crippen LogP contribution is 2.43. The van der Waals surface area contributed by atoms with Gasteiger partial charge in [-0.3, -0.25) is 9.59 Å². The van der Waals surface area contributed by atoms with Crippen LogP contribution in [0.5, 0.6) is 0 Å². The number of unbranched alkanes of at least 4 members (excludes halogenated alkanes) is 2. The van der Waals surface area contributed by atoms with Crippen molar-refractivity contribution < 1.29 is 23.2 Å². The number of carbonyl (C=O) groups is 2. The fourth-order valence-corrected chi connectivity index (χ4v) is 6.88. The van der Waals surface area contributed by atoms with E-state index in [4.69, 9.17) is 13.6 Å². The van der Waals surface area contributed by atoms with Crippen LogP contribution < -0.4 is 0 Å². The van der Waals surface area contributed by atoms with Gasteiger partial charge in [-0.25, -0.2) is 0 Å². The first-order chi connectivity index (χ1) is 13.9. The second-order valence-corrected chi connectivity index (χ2v) is 19.7. The summed E-state index contributed by atoms with van der Waals surface area (Å²) in [4.78, 5) is 24.3. The highest BCUT2D eigenvalue weighted by molar-refractivity contribution is 6.70. The average molecular weight is 459 g/mol. The Hall–Kier alpha value is -0.506. The molecule has 1 fully saturated rings. The number of hydrogen-bond donors (Lipinski definition) is 0. The molecule has 4 atom stereocenters. The Morgan fingerprint density at radius 1 is 0.800 bits per heavy atom. The van der Waals surface area contributed by atoms with Gasteiger partial charge in [-0.15, -0.1) is 0 Å². The highest BCUT2D eigenvalue weighted by Gasteiger charge is 2.46. The maximum absolute atomic E-state index is 12.5. The SMILES string of the molecule is CCCCCC(=O)CC[C@@H]1[C@@H](CCC(=O)OC)[C@@H](O[Si](C)(C)C)C[C@@H]1O[Si](C)(C)C. The maximum atomic E-state index is 12.5. The Morgan fingerprint density at radius 2 is 1.30 bits per heavy atom. The van der Waals surface area contributed by atoms with Crippen molar-refractivity contribution in [1.82, 2.24) is 0 Å². The highest BCUT2D eigenvalue weighted by atomic mass is 28.4. The molecule has 0 heterocycles. The number of carbonyl (C=O) groups excluding carboxylic acids is 2. The largest absolute Gasteiger partial charge is 0.469 e. The van der Waals surface area contributed by atoms with Gasteiger partial charge in [0.25, 0.3) is 0 Å². The summed E-state index contributed by atoms with van der Waals surface area (Å²) < 4.78 is 18.1. The van der Waals surface area contributed by atoms with Gasteiger partial charge in [-0.05, 0) is 76.8 Å². The maximum Gasteiger partial charge on any atom is 0.305 e. The molecule has 7 heteroatoms. The number of Topliss-reactive ketones (excluding diaryl/α,β-unsaturated/α-hetero) is 1. The molecule has 1 aliphatic carbocycles. The van der Waals surface area contributed by atoms with Gasteiger partial charge in [-0.2, -0.15) is 0 Å². The second-order valence-electron chi connectivity index (χ2n) is 10.8. The molecule has 0 aromatic rings. The Morgan fingerprint density at radius 3 is 1.73 bits per heavy atom. The van der Waals surface area contributed by atoms with Gasteiger partial charge in [0.2, 0.25) is 0 Å². The van der Waals surface area contributed by atoms with Crippen molar-refractivity contribution in [2.45, 2.75) is 116 Å². The van der Waals surface area contributed by atoms with Gasteiger partial charge in [0.1, 0.15) is 5.78 Å². The molecule has 0 N–H and O–H groups in total. The van der Waals surface area contributed by atoms with Gasteiger partial charge < -0.3 is 13.6 Å². The number of ketones is 1. The average Bonchev–Trinajstić information content (AvgIpc) is 2.90. The molecule has 5 nitrogen and oxygen atoms in total. The molecular formula is C23H46O5Si2. The summed E-state index contributed by atoms with van der Waals surface area (Å²) in [5.74, 6) is 0.681. The van der Waals surface area contributed by atoms with Crippen LogP contribution in [0.15, 0.2) is 0 Å². The molecule has 30 heavy (non-hydrogen) atoms. The van der Waals surface area contributed by atoms with Crippen molar-refractivity contribution in [2.75, 3.05) is 7.11 Å². The zero-order chi connectivity index (χ0) is 22.9. The molecule has 0 aliphatic heterocycles. The fraction of sp³-hybridized carbons (Fsp3) is 0.913. The first kappa shape index (κ1) is 27.5. The molecule has 0 amide bonds. The van der Waals surface area contributed by atoms with Crippen LogP contribution >= 0.6 is 0 Å². The first-order valence-corrected chi connectivity index (χ1v) is 18.6. The van der Waals surface area contributed by atoms with E-state index in [1.807, 2.05) is 0 Å². The minimum atomic E-state index is -1.74. The summed E-state index contributed by atoms with van der Waals surface area (Å²) in [7, 11) is -2.04. The Kier molecular flexibility index (Phi) is 11.5. The zero-order valence-corrected chi connectivity index (χ0v) is 22.7. The molecule has 0 spiro atoms. The van der Waals surface area contributed by atoms with Crippen molar-refractivity contribution in [3.05, 3.63) is 0 Å². The lowest BCUT2D eigenvalue weighted by Crippen LogP contribution is -2.35. The van der Waals surface area contributed by atoms with Crippen LogP contribution in [0.2, 0.25) is 39.3 Å². The monoisotopic (exact) mass is 458 g/mol. The molecule has 0 unspecified atom stereocenters. The van der Waals surface area contributed by atoms with E-state index in [9.17, 15) is 9.59 Å². The van der Waals surface area contributed by atoms with E-state index in [-0.39, 0.29) is 30.0 Å². The van der Waals surface area contributed by atoms with Crippen LogP contribution in [0, 0.1) is 11.8 Å². The van der Waals surface area contributed by atoms with Gasteiger partial charge in [0.15, 0.2) is 16.6 Å². The van der Waals surface area contributed by atoms with E-state index in [0.717, 1.165) is 38.5 Å². The van der Waals surface area contributed by atoms with Crippen LogP contribution in [-0.4, -0.2) is 47.7 Å². The number of hydrogen-bond acceptors (Lipinski definition) is 5. The van der Waals surface area contributed by atoms with E-state index in [1.54, 1.807) is 0 Å². The molecule has 1 aliphatic rings. The van der Waals surface area contributed by atoms with Gasteiger partial charge in [-0.1, -0.05) is 19.8 Å². The number of esters is 1. The van der Waals surface area contributed by atoms with E-state index < -0.39 is 16.6 Å². The summed E-state index contributed by atoms with van der Waals surface area (Å²) in [5.41, 5.74) is 0. The van der Waals surface area contributed by atoms with Gasteiger partial charge in [0.05, 0.1) is 19.3 Å². The van der Waals surface area contributed by atoms with Crippen LogP contribution in [0.4, 0.5) is 0 Å². The summed E-state index contributed by atoms with van der Waals surface area (Å²) in [6, 6.07) is 0. The second kappa shape index (κ2) is 12.5. The summed E-state index contributed by atoms with van der Waals surface area (Å²) in [6.45, 7) is 15.4.